The summed E-state index contributed by atoms with van der Waals surface area (Å²) in [4.78, 5) is 13.2. The number of ether oxygens (including phenoxy) is 1. The van der Waals surface area contributed by atoms with Gasteiger partial charge in [-0.3, -0.25) is 4.79 Å². The molecule has 1 aromatic rings. The minimum Gasteiger partial charge on any atom is -0.383 e. The topological polar surface area (TPSA) is 55.6 Å². The van der Waals surface area contributed by atoms with E-state index >= 15 is 0 Å². The molecule has 1 atom stereocenters. The number of nitrogens with zero attached hydrogens (tertiary/aromatic N) is 1. The molecular formula is C12H18ClFN2O2. The number of hydrogen-bond donors (Lipinski definition) is 1. The fraction of sp³-hybridized carbons (Fsp3) is 0.417. The second-order valence-electron chi connectivity index (χ2n) is 3.88. The Bertz CT molecular complexity index is 373. The average Bonchev–Trinajstić information content (AvgIpc) is 2.31. The van der Waals surface area contributed by atoms with Crippen LogP contribution in [0.3, 0.4) is 0 Å². The Morgan fingerprint density at radius 1 is 1.44 bits per heavy atom. The summed E-state index contributed by atoms with van der Waals surface area (Å²) in [6, 6.07) is 5.35. The highest BCUT2D eigenvalue weighted by Crippen LogP contribution is 2.06. The van der Waals surface area contributed by atoms with Crippen molar-refractivity contribution in [2.24, 2.45) is 5.73 Å². The maximum Gasteiger partial charge on any atom is 0.241 e. The van der Waals surface area contributed by atoms with Crippen molar-refractivity contribution < 1.29 is 13.9 Å². The number of likely N-dealkylation sites (N-methyl/N-ethyl adjacent to an activating group) is 1. The van der Waals surface area contributed by atoms with Gasteiger partial charge in [-0.2, -0.15) is 0 Å². The molecule has 102 valence electrons. The lowest BCUT2D eigenvalue weighted by molar-refractivity contribution is -0.132. The Balaban J connectivity index is 0.00000289. The molecule has 1 rings (SSSR count). The normalized spacial score (nSPS) is 11.6. The summed E-state index contributed by atoms with van der Waals surface area (Å²) >= 11 is 0. The van der Waals surface area contributed by atoms with Gasteiger partial charge in [-0.1, -0.05) is 12.1 Å². The van der Waals surface area contributed by atoms with Crippen molar-refractivity contribution in [3.63, 3.8) is 0 Å². The van der Waals surface area contributed by atoms with E-state index in [1.165, 1.54) is 24.1 Å². The molecule has 0 aromatic heterocycles. The number of amides is 1. The van der Waals surface area contributed by atoms with Crippen molar-refractivity contribution in [1.82, 2.24) is 4.90 Å². The molecule has 0 aliphatic carbocycles. The van der Waals surface area contributed by atoms with E-state index in [0.717, 1.165) is 5.56 Å². The Morgan fingerprint density at radius 3 is 2.50 bits per heavy atom. The van der Waals surface area contributed by atoms with E-state index in [-0.39, 0.29) is 30.7 Å². The highest BCUT2D eigenvalue weighted by atomic mass is 35.5. The molecule has 0 heterocycles. The molecule has 0 fully saturated rings. The van der Waals surface area contributed by atoms with Crippen LogP contribution in [0.1, 0.15) is 5.56 Å². The van der Waals surface area contributed by atoms with Crippen LogP contribution in [0.2, 0.25) is 0 Å². The van der Waals surface area contributed by atoms with Crippen LogP contribution in [-0.4, -0.2) is 37.6 Å². The summed E-state index contributed by atoms with van der Waals surface area (Å²) in [6.45, 7) is 0.586. The van der Waals surface area contributed by atoms with Crippen LogP contribution in [0.4, 0.5) is 4.39 Å². The number of hydrogen-bond acceptors (Lipinski definition) is 3. The van der Waals surface area contributed by atoms with Gasteiger partial charge in [0.1, 0.15) is 11.9 Å². The molecule has 0 aliphatic heterocycles. The fourth-order valence-corrected chi connectivity index (χ4v) is 1.48. The minimum atomic E-state index is -0.662. The second-order valence-corrected chi connectivity index (χ2v) is 3.88. The van der Waals surface area contributed by atoms with Gasteiger partial charge in [0, 0.05) is 20.7 Å². The Hall–Kier alpha value is -1.17. The molecule has 0 saturated carbocycles. The molecule has 18 heavy (non-hydrogen) atoms. The summed E-state index contributed by atoms with van der Waals surface area (Å²) in [7, 11) is 3.15. The molecule has 1 unspecified atom stereocenters. The summed E-state index contributed by atoms with van der Waals surface area (Å²) in [5.41, 5.74) is 6.48. The SMILES string of the molecule is COCC(N)C(=O)N(C)Cc1ccc(F)cc1.Cl. The van der Waals surface area contributed by atoms with E-state index in [9.17, 15) is 9.18 Å². The van der Waals surface area contributed by atoms with Gasteiger partial charge in [0.05, 0.1) is 6.61 Å². The number of benzene rings is 1. The molecule has 0 aliphatic rings. The first-order valence-corrected chi connectivity index (χ1v) is 5.28. The van der Waals surface area contributed by atoms with Gasteiger partial charge in [0.2, 0.25) is 5.91 Å². The highest BCUT2D eigenvalue weighted by Gasteiger charge is 2.17. The number of halogens is 2. The largest absolute Gasteiger partial charge is 0.383 e. The fourth-order valence-electron chi connectivity index (χ4n) is 1.48. The maximum atomic E-state index is 12.7. The van der Waals surface area contributed by atoms with E-state index < -0.39 is 6.04 Å². The van der Waals surface area contributed by atoms with Gasteiger partial charge in [-0.05, 0) is 17.7 Å². The monoisotopic (exact) mass is 276 g/mol. The molecule has 1 amide bonds. The first kappa shape index (κ1) is 16.8. The lowest BCUT2D eigenvalue weighted by Crippen LogP contribution is -2.44. The van der Waals surface area contributed by atoms with E-state index in [1.807, 2.05) is 0 Å². The van der Waals surface area contributed by atoms with Crippen LogP contribution < -0.4 is 5.73 Å². The number of carbonyl (C=O) groups excluding carboxylic acids is 1. The number of carbonyl (C=O) groups is 1. The van der Waals surface area contributed by atoms with Crippen molar-refractivity contribution >= 4 is 18.3 Å². The van der Waals surface area contributed by atoms with Crippen molar-refractivity contribution in [3.8, 4) is 0 Å². The van der Waals surface area contributed by atoms with Crippen LogP contribution in [0.15, 0.2) is 24.3 Å². The minimum absolute atomic E-state index is 0. The third kappa shape index (κ3) is 5.00. The standard InChI is InChI=1S/C12H17FN2O2.ClH/c1-15(12(16)11(14)8-17-2)7-9-3-5-10(13)6-4-9;/h3-6,11H,7-8,14H2,1-2H3;1H. The van der Waals surface area contributed by atoms with Crippen molar-refractivity contribution in [3.05, 3.63) is 35.6 Å². The van der Waals surface area contributed by atoms with E-state index in [4.69, 9.17) is 10.5 Å². The molecule has 0 bridgehead atoms. The molecule has 0 radical (unpaired) electrons. The van der Waals surface area contributed by atoms with Crippen LogP contribution in [0.5, 0.6) is 0 Å². The van der Waals surface area contributed by atoms with Crippen LogP contribution in [-0.2, 0) is 16.1 Å². The molecule has 4 nitrogen and oxygen atoms in total. The molecule has 6 heteroatoms. The number of nitrogens with two attached hydrogens (primary N) is 1. The molecular weight excluding hydrogens is 259 g/mol. The molecule has 0 spiro atoms. The molecule has 1 aromatic carbocycles. The van der Waals surface area contributed by atoms with Crippen LogP contribution in [0, 0.1) is 5.82 Å². The summed E-state index contributed by atoms with van der Waals surface area (Å²) in [6.07, 6.45) is 0. The van der Waals surface area contributed by atoms with Crippen LogP contribution in [0.25, 0.3) is 0 Å². The quantitative estimate of drug-likeness (QED) is 0.879. The van der Waals surface area contributed by atoms with Gasteiger partial charge >= 0.3 is 0 Å². The number of methoxy groups -OCH3 is 1. The van der Waals surface area contributed by atoms with Crippen molar-refractivity contribution in [1.29, 1.82) is 0 Å². The molecule has 2 N–H and O–H groups in total. The zero-order valence-electron chi connectivity index (χ0n) is 10.4. The predicted octanol–water partition coefficient (Wildman–Crippen LogP) is 1.18. The van der Waals surface area contributed by atoms with Crippen molar-refractivity contribution in [2.45, 2.75) is 12.6 Å². The van der Waals surface area contributed by atoms with E-state index in [0.29, 0.717) is 6.54 Å². The lowest BCUT2D eigenvalue weighted by atomic mass is 10.2. The molecule has 0 saturated heterocycles. The zero-order valence-corrected chi connectivity index (χ0v) is 11.2. The summed E-state index contributed by atoms with van der Waals surface area (Å²) in [5.74, 6) is -0.491. The van der Waals surface area contributed by atoms with Gasteiger partial charge in [0.25, 0.3) is 0 Å². The van der Waals surface area contributed by atoms with Gasteiger partial charge in [0.15, 0.2) is 0 Å². The predicted molar refractivity (Wildman–Crippen MR) is 70.0 cm³/mol. The Labute approximate surface area is 112 Å². The maximum absolute atomic E-state index is 12.7. The average molecular weight is 277 g/mol. The zero-order chi connectivity index (χ0) is 12.8. The lowest BCUT2D eigenvalue weighted by Gasteiger charge is -2.21. The first-order chi connectivity index (χ1) is 8.04. The van der Waals surface area contributed by atoms with Gasteiger partial charge in [-0.25, -0.2) is 4.39 Å². The van der Waals surface area contributed by atoms with Crippen molar-refractivity contribution in [2.75, 3.05) is 20.8 Å². The summed E-state index contributed by atoms with van der Waals surface area (Å²) < 4.78 is 17.5. The Morgan fingerprint density at radius 2 is 2.00 bits per heavy atom. The van der Waals surface area contributed by atoms with Crippen LogP contribution >= 0.6 is 12.4 Å². The number of rotatable bonds is 5. The van der Waals surface area contributed by atoms with E-state index in [2.05, 4.69) is 0 Å². The smallest absolute Gasteiger partial charge is 0.241 e. The first-order valence-electron chi connectivity index (χ1n) is 5.28. The Kier molecular flexibility index (Phi) is 7.50. The summed E-state index contributed by atoms with van der Waals surface area (Å²) in [5, 5.41) is 0. The third-order valence-electron chi connectivity index (χ3n) is 2.37. The van der Waals surface area contributed by atoms with Gasteiger partial charge in [-0.15, -0.1) is 12.4 Å². The third-order valence-corrected chi connectivity index (χ3v) is 2.37. The highest BCUT2D eigenvalue weighted by molar-refractivity contribution is 5.85. The second kappa shape index (κ2) is 8.02. The van der Waals surface area contributed by atoms with Gasteiger partial charge < -0.3 is 15.4 Å². The van der Waals surface area contributed by atoms with E-state index in [1.54, 1.807) is 19.2 Å².